The van der Waals surface area contributed by atoms with E-state index in [0.29, 0.717) is 42.3 Å². The number of hydrogen-bond donors (Lipinski definition) is 0. The summed E-state index contributed by atoms with van der Waals surface area (Å²) in [6, 6.07) is 17.4. The van der Waals surface area contributed by atoms with Crippen molar-refractivity contribution in [2.24, 2.45) is 23.7 Å². The van der Waals surface area contributed by atoms with Crippen molar-refractivity contribution >= 4 is 16.1 Å². The van der Waals surface area contributed by atoms with Gasteiger partial charge in [0.05, 0.1) is 10.9 Å². The van der Waals surface area contributed by atoms with Gasteiger partial charge in [-0.2, -0.15) is 4.31 Å². The monoisotopic (exact) mass is 478 g/mol. The van der Waals surface area contributed by atoms with Crippen molar-refractivity contribution in [2.45, 2.75) is 37.1 Å². The number of ether oxygens (including phenoxy) is 1. The molecule has 2 heterocycles. The van der Waals surface area contributed by atoms with Crippen molar-refractivity contribution in [1.29, 1.82) is 0 Å². The molecule has 0 N–H and O–H groups in total. The minimum absolute atomic E-state index is 0.0127. The lowest BCUT2D eigenvalue weighted by molar-refractivity contribution is 0.0408. The minimum atomic E-state index is -3.49. The lowest BCUT2D eigenvalue weighted by Gasteiger charge is -2.53. The third kappa shape index (κ3) is 3.66. The van der Waals surface area contributed by atoms with Crippen molar-refractivity contribution in [1.82, 2.24) is 9.21 Å². The largest absolute Gasteiger partial charge is 0.447 e. The number of rotatable bonds is 5. The molecular weight excluding hydrogens is 448 g/mol. The fraction of sp³-hybridized carbons (Fsp3) is 0.444. The van der Waals surface area contributed by atoms with Crippen molar-refractivity contribution in [3.05, 3.63) is 77.5 Å². The van der Waals surface area contributed by atoms with Crippen LogP contribution in [-0.4, -0.2) is 49.5 Å². The van der Waals surface area contributed by atoms with Crippen LogP contribution in [0.25, 0.3) is 0 Å². The van der Waals surface area contributed by atoms with Crippen LogP contribution in [0.2, 0.25) is 0 Å². The molecule has 1 amide bonds. The topological polar surface area (TPSA) is 66.9 Å². The molecule has 3 aliphatic carbocycles. The van der Waals surface area contributed by atoms with Gasteiger partial charge in [0, 0.05) is 18.8 Å². The van der Waals surface area contributed by atoms with Gasteiger partial charge in [-0.25, -0.2) is 13.2 Å². The third-order valence-corrected chi connectivity index (χ3v) is 9.98. The summed E-state index contributed by atoms with van der Waals surface area (Å²) in [5.74, 6) is 1.20. The van der Waals surface area contributed by atoms with Crippen molar-refractivity contribution in [3.8, 4) is 0 Å². The number of amides is 1. The first-order valence-corrected chi connectivity index (χ1v) is 13.6. The zero-order valence-electron chi connectivity index (χ0n) is 19.3. The van der Waals surface area contributed by atoms with E-state index in [0.717, 1.165) is 30.5 Å². The Morgan fingerprint density at radius 1 is 0.971 bits per heavy atom. The molecule has 0 radical (unpaired) electrons. The summed E-state index contributed by atoms with van der Waals surface area (Å²) in [7, 11) is -3.49. The zero-order chi connectivity index (χ0) is 23.4. The molecule has 6 nitrogen and oxygen atoms in total. The maximum atomic E-state index is 13.3. The maximum Gasteiger partial charge on any atom is 0.414 e. The van der Waals surface area contributed by atoms with Crippen molar-refractivity contribution < 1.29 is 17.9 Å². The van der Waals surface area contributed by atoms with Gasteiger partial charge in [-0.15, -0.1) is 0 Å². The number of nitrogens with zero attached hydrogens (tertiary/aromatic N) is 2. The quantitative estimate of drug-likeness (QED) is 0.645. The summed E-state index contributed by atoms with van der Waals surface area (Å²) in [6.45, 7) is 3.48. The number of aryl methyl sites for hydroxylation is 1. The van der Waals surface area contributed by atoms with Gasteiger partial charge < -0.3 is 4.74 Å². The molecule has 2 aliphatic heterocycles. The number of carbonyl (C=O) groups excluding carboxylic acids is 1. The van der Waals surface area contributed by atoms with E-state index < -0.39 is 10.0 Å². The van der Waals surface area contributed by atoms with Gasteiger partial charge in [-0.05, 0) is 67.6 Å². The molecule has 2 saturated heterocycles. The van der Waals surface area contributed by atoms with Crippen LogP contribution in [0.1, 0.15) is 24.0 Å². The minimum Gasteiger partial charge on any atom is -0.447 e. The van der Waals surface area contributed by atoms with Crippen LogP contribution in [0, 0.1) is 30.6 Å². The molecular formula is C27H30N2O4S. The van der Waals surface area contributed by atoms with Crippen LogP contribution in [0.4, 0.5) is 4.79 Å². The summed E-state index contributed by atoms with van der Waals surface area (Å²) < 4.78 is 33.8. The summed E-state index contributed by atoms with van der Waals surface area (Å²) in [5.41, 5.74) is 3.36. The average molecular weight is 479 g/mol. The molecule has 2 aromatic carbocycles. The number of piperidine rings is 1. The smallest absolute Gasteiger partial charge is 0.414 e. The van der Waals surface area contributed by atoms with Crippen molar-refractivity contribution in [2.75, 3.05) is 19.7 Å². The van der Waals surface area contributed by atoms with Crippen LogP contribution in [-0.2, 0) is 21.2 Å². The highest BCUT2D eigenvalue weighted by molar-refractivity contribution is 7.89. The van der Waals surface area contributed by atoms with Crippen LogP contribution in [0.15, 0.2) is 71.3 Å². The molecule has 3 fully saturated rings. The Hall–Kier alpha value is -2.64. The first-order chi connectivity index (χ1) is 16.4. The van der Waals surface area contributed by atoms with Gasteiger partial charge in [0.15, 0.2) is 0 Å². The van der Waals surface area contributed by atoms with E-state index in [4.69, 9.17) is 4.74 Å². The first-order valence-electron chi connectivity index (χ1n) is 12.2. The molecule has 0 aromatic heterocycles. The van der Waals surface area contributed by atoms with E-state index in [1.54, 1.807) is 16.4 Å². The second-order valence-electron chi connectivity index (χ2n) is 10.3. The van der Waals surface area contributed by atoms with E-state index in [2.05, 4.69) is 18.2 Å². The molecule has 178 valence electrons. The normalized spacial score (nSPS) is 30.9. The number of allylic oxidation sites excluding steroid dienone is 2. The standard InChI is InChI=1S/C27H30N2O4S/c1-18-7-9-24(10-8-18)34(31,32)28-15-21-12-20-13-22(16-28)25(21)14-26(20)29-23(17-33-27(29)30)11-19-5-3-2-4-6-19/h2-10,14,20-23,25H,11-13,15-17H2,1H3/t20?,21-,22+,23-,25?/m1/s1. The molecule has 1 saturated carbocycles. The Morgan fingerprint density at radius 3 is 2.29 bits per heavy atom. The zero-order valence-corrected chi connectivity index (χ0v) is 20.2. The number of cyclic esters (lactones) is 1. The van der Waals surface area contributed by atoms with E-state index >= 15 is 0 Å². The Balaban J connectivity index is 1.22. The van der Waals surface area contributed by atoms with E-state index in [1.165, 1.54) is 5.56 Å². The Bertz CT molecular complexity index is 1210. The van der Waals surface area contributed by atoms with E-state index in [-0.39, 0.29) is 18.1 Å². The van der Waals surface area contributed by atoms with Gasteiger partial charge >= 0.3 is 6.09 Å². The SMILES string of the molecule is Cc1ccc(S(=O)(=O)N2C[C@H]3CC4C[C@@H](C2)C3C=C4N2C(=O)OC[C@H]2Cc2ccccc2)cc1. The van der Waals surface area contributed by atoms with Gasteiger partial charge in [-0.1, -0.05) is 54.1 Å². The summed E-state index contributed by atoms with van der Waals surface area (Å²) >= 11 is 0. The molecule has 2 aromatic rings. The summed E-state index contributed by atoms with van der Waals surface area (Å²) in [4.78, 5) is 15.0. The molecule has 7 rings (SSSR count). The maximum absolute atomic E-state index is 13.3. The summed E-state index contributed by atoms with van der Waals surface area (Å²) in [5, 5.41) is 0. The van der Waals surface area contributed by atoms with Crippen LogP contribution in [0.5, 0.6) is 0 Å². The van der Waals surface area contributed by atoms with Gasteiger partial charge in [0.2, 0.25) is 10.0 Å². The Morgan fingerprint density at radius 2 is 1.65 bits per heavy atom. The second kappa shape index (κ2) is 8.24. The summed E-state index contributed by atoms with van der Waals surface area (Å²) in [6.07, 6.45) is 4.67. The number of benzene rings is 2. The fourth-order valence-electron chi connectivity index (χ4n) is 6.51. The number of sulfonamides is 1. The lowest BCUT2D eigenvalue weighted by atomic mass is 9.60. The molecule has 5 aliphatic rings. The highest BCUT2D eigenvalue weighted by Gasteiger charge is 2.51. The molecule has 34 heavy (non-hydrogen) atoms. The predicted octanol–water partition coefficient (Wildman–Crippen LogP) is 4.22. The highest BCUT2D eigenvalue weighted by atomic mass is 32.2. The Kier molecular flexibility index (Phi) is 5.30. The van der Waals surface area contributed by atoms with Crippen LogP contribution >= 0.6 is 0 Å². The molecule has 0 spiro atoms. The first kappa shape index (κ1) is 21.9. The van der Waals surface area contributed by atoms with E-state index in [9.17, 15) is 13.2 Å². The van der Waals surface area contributed by atoms with Gasteiger partial charge in [0.1, 0.15) is 6.61 Å². The second-order valence-corrected chi connectivity index (χ2v) is 12.2. The average Bonchev–Trinajstić information content (AvgIpc) is 3.19. The number of hydrogen-bond acceptors (Lipinski definition) is 4. The Labute approximate surface area is 201 Å². The van der Waals surface area contributed by atoms with Crippen LogP contribution in [0.3, 0.4) is 0 Å². The van der Waals surface area contributed by atoms with Gasteiger partial charge in [0.25, 0.3) is 0 Å². The predicted molar refractivity (Wildman–Crippen MR) is 128 cm³/mol. The van der Waals surface area contributed by atoms with Crippen LogP contribution < -0.4 is 0 Å². The fourth-order valence-corrected chi connectivity index (χ4v) is 8.06. The third-order valence-electron chi connectivity index (χ3n) is 8.13. The molecule has 2 unspecified atom stereocenters. The molecule has 7 heteroatoms. The lowest BCUT2D eigenvalue weighted by Crippen LogP contribution is -2.55. The van der Waals surface area contributed by atoms with E-state index in [1.807, 2.05) is 42.2 Å². The molecule has 4 bridgehead atoms. The molecule has 5 atom stereocenters. The highest BCUT2D eigenvalue weighted by Crippen LogP contribution is 2.52. The number of carbonyl (C=O) groups is 1. The van der Waals surface area contributed by atoms with Crippen molar-refractivity contribution in [3.63, 3.8) is 0 Å². The van der Waals surface area contributed by atoms with Gasteiger partial charge in [-0.3, -0.25) is 4.90 Å².